The number of ether oxygens (including phenoxy) is 2. The highest BCUT2D eigenvalue weighted by atomic mass is 16.5. The van der Waals surface area contributed by atoms with Crippen LogP contribution in [0.5, 0.6) is 11.5 Å². The van der Waals surface area contributed by atoms with Gasteiger partial charge in [-0.05, 0) is 48.6 Å². The molecule has 30 heavy (non-hydrogen) atoms. The summed E-state index contributed by atoms with van der Waals surface area (Å²) in [4.78, 5) is 11.0. The van der Waals surface area contributed by atoms with Gasteiger partial charge >= 0.3 is 0 Å². The van der Waals surface area contributed by atoms with E-state index in [0.717, 1.165) is 48.7 Å². The molecule has 0 saturated heterocycles. The van der Waals surface area contributed by atoms with E-state index in [1.165, 1.54) is 11.3 Å². The average Bonchev–Trinajstić information content (AvgIpc) is 2.80. The molecule has 1 aliphatic heterocycles. The lowest BCUT2D eigenvalue weighted by atomic mass is 10.0. The second kappa shape index (κ2) is 8.90. The van der Waals surface area contributed by atoms with Gasteiger partial charge in [-0.2, -0.15) is 0 Å². The molecule has 0 radical (unpaired) electrons. The van der Waals surface area contributed by atoms with Crippen LogP contribution in [-0.4, -0.2) is 37.3 Å². The number of benzene rings is 2. The Kier molecular flexibility index (Phi) is 5.88. The van der Waals surface area contributed by atoms with Crippen LogP contribution < -0.4 is 25.4 Å². The number of nitrogens with zero attached hydrogens (tertiary/aromatic N) is 3. The average molecular weight is 406 g/mol. The van der Waals surface area contributed by atoms with E-state index in [2.05, 4.69) is 44.5 Å². The van der Waals surface area contributed by atoms with Gasteiger partial charge in [-0.25, -0.2) is 9.97 Å². The fourth-order valence-electron chi connectivity index (χ4n) is 3.86. The molecule has 2 aromatic carbocycles. The Morgan fingerprint density at radius 2 is 1.90 bits per heavy atom. The minimum absolute atomic E-state index is 0.571. The number of anilines is 4. The van der Waals surface area contributed by atoms with Crippen LogP contribution in [-0.2, 0) is 12.8 Å². The molecule has 0 atom stereocenters. The SMILES string of the molecule is COc1ccc(CCNc2ncnc(N3CCCc4ccccc43)c2N)cc1OC. The van der Waals surface area contributed by atoms with Crippen LogP contribution in [0.2, 0.25) is 0 Å². The minimum Gasteiger partial charge on any atom is -0.493 e. The summed E-state index contributed by atoms with van der Waals surface area (Å²) < 4.78 is 10.7. The molecule has 7 heteroatoms. The van der Waals surface area contributed by atoms with Gasteiger partial charge in [0.25, 0.3) is 0 Å². The van der Waals surface area contributed by atoms with Crippen molar-refractivity contribution in [2.75, 3.05) is 43.3 Å². The summed E-state index contributed by atoms with van der Waals surface area (Å²) in [6.07, 6.45) is 4.52. The monoisotopic (exact) mass is 405 g/mol. The highest BCUT2D eigenvalue weighted by molar-refractivity contribution is 5.80. The summed E-state index contributed by atoms with van der Waals surface area (Å²) in [7, 11) is 3.27. The molecule has 4 rings (SSSR count). The lowest BCUT2D eigenvalue weighted by molar-refractivity contribution is 0.354. The van der Waals surface area contributed by atoms with Crippen molar-refractivity contribution >= 4 is 23.0 Å². The maximum absolute atomic E-state index is 6.47. The fraction of sp³-hybridized carbons (Fsp3) is 0.304. The van der Waals surface area contributed by atoms with Crippen molar-refractivity contribution in [3.05, 3.63) is 59.9 Å². The van der Waals surface area contributed by atoms with Crippen molar-refractivity contribution in [1.82, 2.24) is 9.97 Å². The number of para-hydroxylation sites is 1. The molecule has 0 bridgehead atoms. The van der Waals surface area contributed by atoms with Crippen LogP contribution in [0.1, 0.15) is 17.5 Å². The molecular formula is C23H27N5O2. The molecule has 156 valence electrons. The third kappa shape index (κ3) is 3.96. The van der Waals surface area contributed by atoms with E-state index in [1.807, 2.05) is 18.2 Å². The van der Waals surface area contributed by atoms with Gasteiger partial charge in [-0.1, -0.05) is 24.3 Å². The van der Waals surface area contributed by atoms with Crippen molar-refractivity contribution < 1.29 is 9.47 Å². The van der Waals surface area contributed by atoms with Crippen molar-refractivity contribution in [2.45, 2.75) is 19.3 Å². The first kappa shape index (κ1) is 19.8. The van der Waals surface area contributed by atoms with E-state index in [4.69, 9.17) is 15.2 Å². The summed E-state index contributed by atoms with van der Waals surface area (Å²) in [6.45, 7) is 1.58. The molecule has 0 fully saturated rings. The van der Waals surface area contributed by atoms with E-state index >= 15 is 0 Å². The molecule has 0 spiro atoms. The lowest BCUT2D eigenvalue weighted by Gasteiger charge is -2.31. The summed E-state index contributed by atoms with van der Waals surface area (Å²) in [5.74, 6) is 2.86. The first-order chi connectivity index (χ1) is 14.7. The topological polar surface area (TPSA) is 85.5 Å². The lowest BCUT2D eigenvalue weighted by Crippen LogP contribution is -2.26. The minimum atomic E-state index is 0.571. The van der Waals surface area contributed by atoms with Crippen molar-refractivity contribution in [3.63, 3.8) is 0 Å². The Bertz CT molecular complexity index is 1020. The zero-order valence-electron chi connectivity index (χ0n) is 17.4. The number of nitrogens with one attached hydrogen (secondary N) is 1. The Morgan fingerprint density at radius 3 is 2.73 bits per heavy atom. The van der Waals surface area contributed by atoms with Crippen LogP contribution in [0.15, 0.2) is 48.8 Å². The molecule has 1 aliphatic rings. The predicted octanol–water partition coefficient (Wildman–Crippen LogP) is 3.81. The third-order valence-electron chi connectivity index (χ3n) is 5.38. The van der Waals surface area contributed by atoms with Gasteiger partial charge in [0.15, 0.2) is 23.1 Å². The Labute approximate surface area is 176 Å². The molecule has 3 aromatic rings. The number of hydrogen-bond donors (Lipinski definition) is 2. The van der Waals surface area contributed by atoms with Gasteiger partial charge in [0.2, 0.25) is 0 Å². The summed E-state index contributed by atoms with van der Waals surface area (Å²) in [5, 5.41) is 3.36. The summed E-state index contributed by atoms with van der Waals surface area (Å²) >= 11 is 0. The highest BCUT2D eigenvalue weighted by Gasteiger charge is 2.22. The fourth-order valence-corrected chi connectivity index (χ4v) is 3.86. The maximum Gasteiger partial charge on any atom is 0.161 e. The van der Waals surface area contributed by atoms with E-state index in [9.17, 15) is 0 Å². The van der Waals surface area contributed by atoms with Crippen LogP contribution in [0.3, 0.4) is 0 Å². The van der Waals surface area contributed by atoms with E-state index in [1.54, 1.807) is 20.5 Å². The molecule has 7 nitrogen and oxygen atoms in total. The largest absolute Gasteiger partial charge is 0.493 e. The smallest absolute Gasteiger partial charge is 0.161 e. The third-order valence-corrected chi connectivity index (χ3v) is 5.38. The molecule has 3 N–H and O–H groups in total. The molecule has 0 unspecified atom stereocenters. The second-order valence-electron chi connectivity index (χ2n) is 7.21. The standard InChI is InChI=1S/C23H27N5O2/c1-29-19-10-9-16(14-20(19)30-2)11-12-25-22-21(24)23(27-15-26-22)28-13-5-7-17-6-3-4-8-18(17)28/h3-4,6,8-10,14-15H,5,7,11-13,24H2,1-2H3,(H,25,26,27). The van der Waals surface area contributed by atoms with Gasteiger partial charge in [0.05, 0.1) is 14.2 Å². The first-order valence-corrected chi connectivity index (χ1v) is 10.1. The van der Waals surface area contributed by atoms with Gasteiger partial charge in [-0.3, -0.25) is 0 Å². The molecule has 1 aromatic heterocycles. The quantitative estimate of drug-likeness (QED) is 0.618. The van der Waals surface area contributed by atoms with Crippen molar-refractivity contribution in [3.8, 4) is 11.5 Å². The van der Waals surface area contributed by atoms with Crippen LogP contribution in [0, 0.1) is 0 Å². The number of hydrogen-bond acceptors (Lipinski definition) is 7. The van der Waals surface area contributed by atoms with Crippen LogP contribution in [0.4, 0.5) is 23.0 Å². The number of rotatable bonds is 7. The molecule has 0 amide bonds. The van der Waals surface area contributed by atoms with Gasteiger partial charge in [-0.15, -0.1) is 0 Å². The van der Waals surface area contributed by atoms with Crippen molar-refractivity contribution in [1.29, 1.82) is 0 Å². The molecule has 0 aliphatic carbocycles. The number of aryl methyl sites for hydroxylation is 1. The summed E-state index contributed by atoms with van der Waals surface area (Å²) in [5.41, 5.74) is 10.7. The normalized spacial score (nSPS) is 12.9. The number of aromatic nitrogens is 2. The molecule has 0 saturated carbocycles. The maximum atomic E-state index is 6.47. The van der Waals surface area contributed by atoms with E-state index in [0.29, 0.717) is 18.1 Å². The van der Waals surface area contributed by atoms with Crippen molar-refractivity contribution in [2.24, 2.45) is 0 Å². The summed E-state index contributed by atoms with van der Waals surface area (Å²) in [6, 6.07) is 14.4. The van der Waals surface area contributed by atoms with E-state index in [-0.39, 0.29) is 0 Å². The Hall–Kier alpha value is -3.48. The predicted molar refractivity (Wildman–Crippen MR) is 120 cm³/mol. The number of methoxy groups -OCH3 is 2. The van der Waals surface area contributed by atoms with Gasteiger partial charge in [0, 0.05) is 18.8 Å². The zero-order chi connectivity index (χ0) is 20.9. The Morgan fingerprint density at radius 1 is 1.07 bits per heavy atom. The first-order valence-electron chi connectivity index (χ1n) is 10.1. The molecule has 2 heterocycles. The van der Waals surface area contributed by atoms with E-state index < -0.39 is 0 Å². The highest BCUT2D eigenvalue weighted by Crippen LogP contribution is 2.36. The van der Waals surface area contributed by atoms with Gasteiger partial charge in [0.1, 0.15) is 12.0 Å². The van der Waals surface area contributed by atoms with Gasteiger partial charge < -0.3 is 25.4 Å². The number of fused-ring (bicyclic) bond motifs is 1. The molecular weight excluding hydrogens is 378 g/mol. The van der Waals surface area contributed by atoms with Crippen LogP contribution >= 0.6 is 0 Å². The number of nitrogen functional groups attached to an aromatic ring is 1. The van der Waals surface area contributed by atoms with Crippen LogP contribution in [0.25, 0.3) is 0 Å². The Balaban J connectivity index is 1.48. The number of nitrogens with two attached hydrogens (primary N) is 1. The zero-order valence-corrected chi connectivity index (χ0v) is 17.4. The second-order valence-corrected chi connectivity index (χ2v) is 7.21.